The first-order valence-electron chi connectivity index (χ1n) is 9.37. The van der Waals surface area contributed by atoms with E-state index in [0.717, 1.165) is 0 Å². The monoisotopic (exact) mass is 375 g/mol. The Hall–Kier alpha value is -2.25. The van der Waals surface area contributed by atoms with Crippen LogP contribution in [0.25, 0.3) is 10.8 Å². The van der Waals surface area contributed by atoms with Crippen molar-refractivity contribution in [2.75, 3.05) is 26.2 Å². The molecule has 2 aromatic rings. The number of hydrogen-bond donors (Lipinski definition) is 2. The summed E-state index contributed by atoms with van der Waals surface area (Å²) in [6.07, 6.45) is 0.351. The lowest BCUT2D eigenvalue weighted by atomic mass is 10.1. The Balaban J connectivity index is 1.57. The molecular formula is C20H26FN3O3. The molecule has 27 heavy (non-hydrogen) atoms. The van der Waals surface area contributed by atoms with Crippen LogP contribution in [0.5, 0.6) is 0 Å². The van der Waals surface area contributed by atoms with Crippen LogP contribution in [0.2, 0.25) is 0 Å². The number of carbonyl (C=O) groups is 1. The topological polar surface area (TPSA) is 76.6 Å². The van der Waals surface area contributed by atoms with Crippen molar-refractivity contribution in [3.63, 3.8) is 0 Å². The van der Waals surface area contributed by atoms with Crippen LogP contribution in [0.4, 0.5) is 4.39 Å². The summed E-state index contributed by atoms with van der Waals surface area (Å²) in [6.45, 7) is 6.28. The first-order valence-corrected chi connectivity index (χ1v) is 9.37. The molecule has 0 bridgehead atoms. The number of aliphatic hydroxyl groups excluding tert-OH is 1. The Morgan fingerprint density at radius 3 is 2.59 bits per heavy atom. The average Bonchev–Trinajstić information content (AvgIpc) is 2.66. The highest BCUT2D eigenvalue weighted by atomic mass is 19.1. The van der Waals surface area contributed by atoms with Gasteiger partial charge >= 0.3 is 0 Å². The molecule has 1 amide bonds. The maximum Gasteiger partial charge on any atom is 0.256 e. The van der Waals surface area contributed by atoms with Crippen molar-refractivity contribution >= 4 is 16.7 Å². The third-order valence-corrected chi connectivity index (χ3v) is 5.08. The van der Waals surface area contributed by atoms with E-state index in [0.29, 0.717) is 55.5 Å². The number of aliphatic hydroxyl groups is 1. The van der Waals surface area contributed by atoms with Gasteiger partial charge in [0.15, 0.2) is 0 Å². The van der Waals surface area contributed by atoms with Crippen LogP contribution < -0.4 is 5.56 Å². The van der Waals surface area contributed by atoms with Gasteiger partial charge in [-0.05, 0) is 36.4 Å². The Morgan fingerprint density at radius 1 is 1.22 bits per heavy atom. The zero-order valence-corrected chi connectivity index (χ0v) is 15.7. The average molecular weight is 375 g/mol. The van der Waals surface area contributed by atoms with Gasteiger partial charge < -0.3 is 15.0 Å². The molecule has 0 radical (unpaired) electrons. The van der Waals surface area contributed by atoms with Crippen molar-refractivity contribution < 1.29 is 14.3 Å². The summed E-state index contributed by atoms with van der Waals surface area (Å²) in [5.74, 6) is -0.305. The predicted octanol–water partition coefficient (Wildman–Crippen LogP) is 1.72. The largest absolute Gasteiger partial charge is 0.378 e. The van der Waals surface area contributed by atoms with Gasteiger partial charge in [0.2, 0.25) is 5.91 Å². The molecule has 1 atom stereocenters. The molecule has 1 aromatic heterocycles. The number of aromatic nitrogens is 1. The van der Waals surface area contributed by atoms with Crippen molar-refractivity contribution in [3.8, 4) is 0 Å². The molecule has 7 heteroatoms. The van der Waals surface area contributed by atoms with Gasteiger partial charge in [0.05, 0.1) is 0 Å². The van der Waals surface area contributed by atoms with Gasteiger partial charge in [0.1, 0.15) is 12.0 Å². The normalized spacial score (nSPS) is 16.9. The van der Waals surface area contributed by atoms with E-state index in [1.807, 2.05) is 29.7 Å². The highest BCUT2D eigenvalue weighted by Crippen LogP contribution is 2.15. The molecule has 1 aliphatic heterocycles. The summed E-state index contributed by atoms with van der Waals surface area (Å²) in [6, 6.07) is 5.97. The first kappa shape index (κ1) is 19.5. The van der Waals surface area contributed by atoms with Crippen LogP contribution in [0.1, 0.15) is 26.0 Å². The van der Waals surface area contributed by atoms with Gasteiger partial charge in [-0.3, -0.25) is 14.5 Å². The number of hydrogen-bond acceptors (Lipinski definition) is 4. The molecule has 1 aromatic carbocycles. The summed E-state index contributed by atoms with van der Waals surface area (Å²) in [5, 5.41) is 11.5. The Labute approximate surface area is 157 Å². The quantitative estimate of drug-likeness (QED) is 0.834. The standard InChI is InChI=1S/C20H26FN3O3/c1-13(2)20(27)24-9-7-23(8-10-24)18(25)6-5-16-11-14-3-4-15(21)12-17(14)19(26)22-16/h3-4,11-13,18,25H,5-10H2,1-2H3,(H,22,26). The van der Waals surface area contributed by atoms with E-state index < -0.39 is 12.0 Å². The maximum absolute atomic E-state index is 13.3. The summed E-state index contributed by atoms with van der Waals surface area (Å²) in [5.41, 5.74) is 0.393. The van der Waals surface area contributed by atoms with E-state index >= 15 is 0 Å². The molecule has 2 heterocycles. The number of benzene rings is 1. The fourth-order valence-electron chi connectivity index (χ4n) is 3.50. The van der Waals surface area contributed by atoms with Gasteiger partial charge in [-0.15, -0.1) is 0 Å². The second-order valence-electron chi connectivity index (χ2n) is 7.39. The molecule has 2 N–H and O–H groups in total. The van der Waals surface area contributed by atoms with Crippen LogP contribution in [-0.4, -0.2) is 58.2 Å². The SMILES string of the molecule is CC(C)C(=O)N1CCN(C(O)CCc2cc3ccc(F)cc3c(=O)[nH]2)CC1. The van der Waals surface area contributed by atoms with Crippen molar-refractivity contribution in [2.45, 2.75) is 32.9 Å². The van der Waals surface area contributed by atoms with E-state index in [2.05, 4.69) is 4.98 Å². The lowest BCUT2D eigenvalue weighted by Crippen LogP contribution is -2.52. The Morgan fingerprint density at radius 2 is 1.93 bits per heavy atom. The minimum Gasteiger partial charge on any atom is -0.378 e. The van der Waals surface area contributed by atoms with E-state index in [9.17, 15) is 19.1 Å². The second kappa shape index (κ2) is 8.19. The molecule has 6 nitrogen and oxygen atoms in total. The lowest BCUT2D eigenvalue weighted by Gasteiger charge is -2.38. The number of fused-ring (bicyclic) bond motifs is 1. The number of pyridine rings is 1. The first-order chi connectivity index (χ1) is 12.8. The number of amides is 1. The van der Waals surface area contributed by atoms with E-state index in [-0.39, 0.29) is 17.4 Å². The molecule has 1 unspecified atom stereocenters. The minimum absolute atomic E-state index is 0.0142. The third-order valence-electron chi connectivity index (χ3n) is 5.08. The molecule has 146 valence electrons. The van der Waals surface area contributed by atoms with Crippen molar-refractivity contribution in [2.24, 2.45) is 5.92 Å². The molecule has 3 rings (SSSR count). The number of H-pyrrole nitrogens is 1. The van der Waals surface area contributed by atoms with Crippen molar-refractivity contribution in [1.29, 1.82) is 0 Å². The fourth-order valence-corrected chi connectivity index (χ4v) is 3.50. The van der Waals surface area contributed by atoms with E-state index in [1.165, 1.54) is 12.1 Å². The third kappa shape index (κ3) is 4.54. The van der Waals surface area contributed by atoms with Crippen molar-refractivity contribution in [1.82, 2.24) is 14.8 Å². The summed E-state index contributed by atoms with van der Waals surface area (Å²) in [4.78, 5) is 30.7. The van der Waals surface area contributed by atoms with Gasteiger partial charge in [-0.25, -0.2) is 4.39 Å². The summed E-state index contributed by atoms with van der Waals surface area (Å²) < 4.78 is 13.3. The molecule has 1 saturated heterocycles. The molecular weight excluding hydrogens is 349 g/mol. The van der Waals surface area contributed by atoms with Crippen LogP contribution in [0.15, 0.2) is 29.1 Å². The maximum atomic E-state index is 13.3. The van der Waals surface area contributed by atoms with Crippen LogP contribution in [-0.2, 0) is 11.2 Å². The van der Waals surface area contributed by atoms with Crippen LogP contribution in [0, 0.1) is 11.7 Å². The number of nitrogens with one attached hydrogen (secondary N) is 1. The zero-order valence-electron chi connectivity index (χ0n) is 15.7. The van der Waals surface area contributed by atoms with Gasteiger partial charge in [0.25, 0.3) is 5.56 Å². The Bertz CT molecular complexity index is 872. The number of aromatic amines is 1. The predicted molar refractivity (Wildman–Crippen MR) is 102 cm³/mol. The van der Waals surface area contributed by atoms with E-state index in [4.69, 9.17) is 0 Å². The van der Waals surface area contributed by atoms with Gasteiger partial charge in [0, 0.05) is 43.2 Å². The zero-order chi connectivity index (χ0) is 19.6. The molecule has 0 spiro atoms. The molecule has 0 saturated carbocycles. The lowest BCUT2D eigenvalue weighted by molar-refractivity contribution is -0.138. The van der Waals surface area contributed by atoms with Crippen LogP contribution >= 0.6 is 0 Å². The van der Waals surface area contributed by atoms with Gasteiger partial charge in [-0.2, -0.15) is 0 Å². The highest BCUT2D eigenvalue weighted by molar-refractivity contribution is 5.81. The number of carbonyl (C=O) groups excluding carboxylic acids is 1. The minimum atomic E-state index is -0.631. The smallest absolute Gasteiger partial charge is 0.256 e. The van der Waals surface area contributed by atoms with E-state index in [1.54, 1.807) is 6.07 Å². The molecule has 1 fully saturated rings. The summed E-state index contributed by atoms with van der Waals surface area (Å²) in [7, 11) is 0. The van der Waals surface area contributed by atoms with Crippen LogP contribution in [0.3, 0.4) is 0 Å². The Kier molecular flexibility index (Phi) is 5.92. The molecule has 0 aliphatic carbocycles. The number of nitrogens with zero attached hydrogens (tertiary/aromatic N) is 2. The second-order valence-corrected chi connectivity index (χ2v) is 7.39. The highest BCUT2D eigenvalue weighted by Gasteiger charge is 2.25. The fraction of sp³-hybridized carbons (Fsp3) is 0.500. The summed E-state index contributed by atoms with van der Waals surface area (Å²) >= 11 is 0. The molecule has 1 aliphatic rings. The number of piperazine rings is 1. The van der Waals surface area contributed by atoms with Crippen molar-refractivity contribution in [3.05, 3.63) is 46.1 Å². The number of halogens is 1. The number of rotatable bonds is 5. The number of aryl methyl sites for hydroxylation is 1. The van der Waals surface area contributed by atoms with Gasteiger partial charge in [-0.1, -0.05) is 19.9 Å².